The summed E-state index contributed by atoms with van der Waals surface area (Å²) in [4.78, 5) is 31.7. The van der Waals surface area contributed by atoms with Gasteiger partial charge in [-0.15, -0.1) is 22.7 Å². The minimum Gasteiger partial charge on any atom is -0.481 e. The number of aromatic nitrogens is 2. The lowest BCUT2D eigenvalue weighted by Crippen LogP contribution is -2.11. The Balaban J connectivity index is 1.94. The highest BCUT2D eigenvalue weighted by molar-refractivity contribution is 7.15. The van der Waals surface area contributed by atoms with Gasteiger partial charge in [-0.3, -0.25) is 14.9 Å². The smallest absolute Gasteiger partial charge is 0.303 e. The SMILES string of the molecule is Cc1nc(C)c(C(=O)Nc2nc(CCCC(=O)O)cs2)s1. The summed E-state index contributed by atoms with van der Waals surface area (Å²) in [6, 6.07) is 0. The minimum atomic E-state index is -0.810. The Labute approximate surface area is 129 Å². The second-order valence-corrected chi connectivity index (χ2v) is 6.55. The van der Waals surface area contributed by atoms with E-state index in [-0.39, 0.29) is 12.3 Å². The summed E-state index contributed by atoms with van der Waals surface area (Å²) in [7, 11) is 0. The van der Waals surface area contributed by atoms with E-state index < -0.39 is 5.97 Å². The molecule has 0 saturated carbocycles. The predicted molar refractivity (Wildman–Crippen MR) is 82.2 cm³/mol. The standard InChI is InChI=1S/C13H15N3O3S2/c1-7-11(21-8(2)14-7)12(19)16-13-15-9(6-20-13)4-3-5-10(17)18/h6H,3-5H2,1-2H3,(H,17,18)(H,15,16,19). The summed E-state index contributed by atoms with van der Waals surface area (Å²) in [6.07, 6.45) is 1.26. The molecule has 8 heteroatoms. The maximum atomic E-state index is 12.1. The van der Waals surface area contributed by atoms with Crippen molar-refractivity contribution in [2.45, 2.75) is 33.1 Å². The number of amides is 1. The zero-order chi connectivity index (χ0) is 15.4. The van der Waals surface area contributed by atoms with E-state index >= 15 is 0 Å². The number of anilines is 1. The van der Waals surface area contributed by atoms with Gasteiger partial charge in [0.25, 0.3) is 5.91 Å². The van der Waals surface area contributed by atoms with Crippen LogP contribution in [-0.2, 0) is 11.2 Å². The first-order chi connectivity index (χ1) is 9.95. The number of hydrogen-bond donors (Lipinski definition) is 2. The van der Waals surface area contributed by atoms with Crippen LogP contribution in [0.15, 0.2) is 5.38 Å². The lowest BCUT2D eigenvalue weighted by molar-refractivity contribution is -0.137. The van der Waals surface area contributed by atoms with Crippen molar-refractivity contribution >= 4 is 39.7 Å². The van der Waals surface area contributed by atoms with Gasteiger partial charge in [-0.25, -0.2) is 9.97 Å². The topological polar surface area (TPSA) is 92.2 Å². The molecule has 0 fully saturated rings. The van der Waals surface area contributed by atoms with E-state index in [1.807, 2.05) is 12.3 Å². The zero-order valence-corrected chi connectivity index (χ0v) is 13.3. The van der Waals surface area contributed by atoms with Crippen molar-refractivity contribution in [2.24, 2.45) is 0 Å². The molecule has 0 unspecified atom stereocenters. The lowest BCUT2D eigenvalue weighted by atomic mass is 10.2. The Morgan fingerprint density at radius 2 is 2.10 bits per heavy atom. The van der Waals surface area contributed by atoms with Gasteiger partial charge in [-0.1, -0.05) is 0 Å². The van der Waals surface area contributed by atoms with E-state index in [0.29, 0.717) is 28.5 Å². The fourth-order valence-electron chi connectivity index (χ4n) is 1.80. The number of aryl methyl sites for hydroxylation is 3. The number of nitrogens with one attached hydrogen (secondary N) is 1. The molecule has 0 saturated heterocycles. The summed E-state index contributed by atoms with van der Waals surface area (Å²) in [5.41, 5.74) is 1.52. The maximum absolute atomic E-state index is 12.1. The van der Waals surface area contributed by atoms with Gasteiger partial charge in [-0.05, 0) is 26.7 Å². The second kappa shape index (κ2) is 6.77. The molecular formula is C13H15N3O3S2. The van der Waals surface area contributed by atoms with Crippen molar-refractivity contribution in [3.05, 3.63) is 26.7 Å². The van der Waals surface area contributed by atoms with Crippen molar-refractivity contribution < 1.29 is 14.7 Å². The molecule has 2 aromatic rings. The normalized spacial score (nSPS) is 10.6. The Morgan fingerprint density at radius 1 is 1.33 bits per heavy atom. The first-order valence-corrected chi connectivity index (χ1v) is 8.07. The van der Waals surface area contributed by atoms with Crippen LogP contribution in [0.5, 0.6) is 0 Å². The quantitative estimate of drug-likeness (QED) is 0.852. The van der Waals surface area contributed by atoms with Crippen LogP contribution in [0.4, 0.5) is 5.13 Å². The number of thiazole rings is 2. The number of carboxylic acids is 1. The molecule has 0 aromatic carbocycles. The fraction of sp³-hybridized carbons (Fsp3) is 0.385. The molecule has 0 spiro atoms. The van der Waals surface area contributed by atoms with E-state index in [1.165, 1.54) is 22.7 Å². The third kappa shape index (κ3) is 4.33. The molecule has 1 amide bonds. The number of carbonyl (C=O) groups excluding carboxylic acids is 1. The molecule has 2 N–H and O–H groups in total. The van der Waals surface area contributed by atoms with Crippen molar-refractivity contribution in [3.63, 3.8) is 0 Å². The van der Waals surface area contributed by atoms with Crippen LogP contribution >= 0.6 is 22.7 Å². The Morgan fingerprint density at radius 3 is 2.71 bits per heavy atom. The van der Waals surface area contributed by atoms with E-state index in [9.17, 15) is 9.59 Å². The molecule has 0 bridgehead atoms. The second-order valence-electron chi connectivity index (χ2n) is 4.49. The monoisotopic (exact) mass is 325 g/mol. The maximum Gasteiger partial charge on any atom is 0.303 e. The van der Waals surface area contributed by atoms with E-state index in [1.54, 1.807) is 6.92 Å². The molecule has 2 heterocycles. The third-order valence-electron chi connectivity index (χ3n) is 2.71. The number of hydrogen-bond acceptors (Lipinski definition) is 6. The highest BCUT2D eigenvalue weighted by Gasteiger charge is 2.15. The molecule has 0 aliphatic heterocycles. The van der Waals surface area contributed by atoms with Gasteiger partial charge in [-0.2, -0.15) is 0 Å². The van der Waals surface area contributed by atoms with Crippen molar-refractivity contribution in [1.82, 2.24) is 9.97 Å². The summed E-state index contributed by atoms with van der Waals surface area (Å²) in [6.45, 7) is 3.66. The molecular weight excluding hydrogens is 310 g/mol. The van der Waals surface area contributed by atoms with Gasteiger partial charge in [0.1, 0.15) is 4.88 Å². The van der Waals surface area contributed by atoms with Crippen LogP contribution in [0.25, 0.3) is 0 Å². The summed E-state index contributed by atoms with van der Waals surface area (Å²) < 4.78 is 0. The average molecular weight is 325 g/mol. The highest BCUT2D eigenvalue weighted by atomic mass is 32.1. The molecule has 0 atom stereocenters. The molecule has 2 rings (SSSR count). The third-order valence-corrected chi connectivity index (χ3v) is 4.58. The van der Waals surface area contributed by atoms with Gasteiger partial charge >= 0.3 is 5.97 Å². The highest BCUT2D eigenvalue weighted by Crippen LogP contribution is 2.21. The largest absolute Gasteiger partial charge is 0.481 e. The van der Waals surface area contributed by atoms with Gasteiger partial charge in [0, 0.05) is 11.8 Å². The summed E-state index contributed by atoms with van der Waals surface area (Å²) in [5, 5.41) is 14.6. The number of carboxylic acid groups (broad SMARTS) is 1. The Kier molecular flexibility index (Phi) is 5.03. The number of rotatable bonds is 6. The van der Waals surface area contributed by atoms with Crippen LogP contribution in [0.1, 0.15) is 38.9 Å². The number of aliphatic carboxylic acids is 1. The molecule has 6 nitrogen and oxygen atoms in total. The predicted octanol–water partition coefficient (Wildman–Crippen LogP) is 2.88. The first kappa shape index (κ1) is 15.6. The minimum absolute atomic E-state index is 0.124. The number of carbonyl (C=O) groups is 2. The van der Waals surface area contributed by atoms with Gasteiger partial charge in [0.15, 0.2) is 5.13 Å². The zero-order valence-electron chi connectivity index (χ0n) is 11.7. The molecule has 0 aliphatic rings. The molecule has 0 aliphatic carbocycles. The van der Waals surface area contributed by atoms with Crippen molar-refractivity contribution in [3.8, 4) is 0 Å². The molecule has 2 aromatic heterocycles. The van der Waals surface area contributed by atoms with Gasteiger partial charge in [0.05, 0.1) is 16.4 Å². The molecule has 112 valence electrons. The van der Waals surface area contributed by atoms with Crippen LogP contribution in [0.2, 0.25) is 0 Å². The van der Waals surface area contributed by atoms with Gasteiger partial charge < -0.3 is 5.11 Å². The van der Waals surface area contributed by atoms with E-state index in [2.05, 4.69) is 15.3 Å². The summed E-state index contributed by atoms with van der Waals surface area (Å²) >= 11 is 2.69. The lowest BCUT2D eigenvalue weighted by Gasteiger charge is -1.99. The average Bonchev–Trinajstić information content (AvgIpc) is 2.95. The van der Waals surface area contributed by atoms with Crippen LogP contribution in [0.3, 0.4) is 0 Å². The molecule has 21 heavy (non-hydrogen) atoms. The van der Waals surface area contributed by atoms with E-state index in [4.69, 9.17) is 5.11 Å². The van der Waals surface area contributed by atoms with Gasteiger partial charge in [0.2, 0.25) is 0 Å². The van der Waals surface area contributed by atoms with Crippen LogP contribution in [-0.4, -0.2) is 27.0 Å². The van der Waals surface area contributed by atoms with Crippen molar-refractivity contribution in [2.75, 3.05) is 5.32 Å². The Bertz CT molecular complexity index is 663. The fourth-order valence-corrected chi connectivity index (χ4v) is 3.35. The van der Waals surface area contributed by atoms with Crippen molar-refractivity contribution in [1.29, 1.82) is 0 Å². The first-order valence-electron chi connectivity index (χ1n) is 6.37. The van der Waals surface area contributed by atoms with Crippen LogP contribution < -0.4 is 5.32 Å². The Hall–Kier alpha value is -1.80. The molecule has 0 radical (unpaired) electrons. The summed E-state index contributed by atoms with van der Waals surface area (Å²) in [5.74, 6) is -1.01. The number of nitrogens with zero attached hydrogens (tertiary/aromatic N) is 2. The van der Waals surface area contributed by atoms with E-state index in [0.717, 1.165) is 10.7 Å². The van der Waals surface area contributed by atoms with Crippen LogP contribution in [0, 0.1) is 13.8 Å².